The predicted octanol–water partition coefficient (Wildman–Crippen LogP) is -0.736. The summed E-state index contributed by atoms with van der Waals surface area (Å²) >= 11 is 0. The van der Waals surface area contributed by atoms with Gasteiger partial charge in [0.15, 0.2) is 0 Å². The summed E-state index contributed by atoms with van der Waals surface area (Å²) in [4.78, 5) is 31.1. The maximum atomic E-state index is 11.7. The number of nitrogens with two attached hydrogens (primary N) is 2. The van der Waals surface area contributed by atoms with Crippen molar-refractivity contribution in [1.82, 2.24) is 14.6 Å². The standard InChI is InChI=1S/C10H11N5O3/c1-2-18-9(17)6-4-15(12)8(16)5-3-13-10(11)14-7(5)6/h3-4H,2,12H2,1H3,(H2,11,13,14). The first-order valence-corrected chi connectivity index (χ1v) is 5.14. The van der Waals surface area contributed by atoms with Gasteiger partial charge in [-0.05, 0) is 6.92 Å². The lowest BCUT2D eigenvalue weighted by atomic mass is 10.2. The molecule has 2 rings (SSSR count). The van der Waals surface area contributed by atoms with Crippen LogP contribution in [-0.4, -0.2) is 27.2 Å². The van der Waals surface area contributed by atoms with Crippen LogP contribution in [0.3, 0.4) is 0 Å². The number of carbonyl (C=O) groups is 1. The van der Waals surface area contributed by atoms with E-state index in [0.29, 0.717) is 0 Å². The summed E-state index contributed by atoms with van der Waals surface area (Å²) in [6.07, 6.45) is 2.39. The Morgan fingerprint density at radius 3 is 2.94 bits per heavy atom. The van der Waals surface area contributed by atoms with Gasteiger partial charge in [0.1, 0.15) is 5.56 Å². The smallest absolute Gasteiger partial charge is 0.341 e. The summed E-state index contributed by atoms with van der Waals surface area (Å²) in [5.41, 5.74) is 5.13. The van der Waals surface area contributed by atoms with E-state index in [9.17, 15) is 9.59 Å². The zero-order valence-corrected chi connectivity index (χ0v) is 9.58. The second-order valence-electron chi connectivity index (χ2n) is 3.47. The number of esters is 1. The fraction of sp³-hybridized carbons (Fsp3) is 0.200. The minimum atomic E-state index is -0.625. The highest BCUT2D eigenvalue weighted by molar-refractivity contribution is 6.02. The van der Waals surface area contributed by atoms with Crippen molar-refractivity contribution in [3.05, 3.63) is 28.3 Å². The third kappa shape index (κ3) is 1.83. The number of fused-ring (bicyclic) bond motifs is 1. The Hall–Kier alpha value is -2.64. The molecule has 0 aliphatic rings. The van der Waals surface area contributed by atoms with E-state index in [-0.39, 0.29) is 29.0 Å². The molecule has 0 amide bonds. The molecule has 0 saturated carbocycles. The van der Waals surface area contributed by atoms with Crippen LogP contribution in [0.2, 0.25) is 0 Å². The number of nitrogen functional groups attached to an aromatic ring is 2. The van der Waals surface area contributed by atoms with Crippen LogP contribution >= 0.6 is 0 Å². The molecular weight excluding hydrogens is 238 g/mol. The van der Waals surface area contributed by atoms with Crippen LogP contribution in [0.25, 0.3) is 10.9 Å². The molecule has 8 nitrogen and oxygen atoms in total. The molecular formula is C10H11N5O3. The fourth-order valence-electron chi connectivity index (χ4n) is 1.51. The number of rotatable bonds is 2. The number of nitrogens with zero attached hydrogens (tertiary/aromatic N) is 3. The van der Waals surface area contributed by atoms with E-state index in [1.54, 1.807) is 6.92 Å². The molecule has 0 unspecified atom stereocenters. The van der Waals surface area contributed by atoms with Gasteiger partial charge >= 0.3 is 5.97 Å². The lowest BCUT2D eigenvalue weighted by molar-refractivity contribution is 0.0527. The van der Waals surface area contributed by atoms with Crippen molar-refractivity contribution in [2.24, 2.45) is 0 Å². The topological polar surface area (TPSA) is 126 Å². The van der Waals surface area contributed by atoms with Crippen molar-refractivity contribution in [3.8, 4) is 0 Å². The largest absolute Gasteiger partial charge is 0.462 e. The zero-order chi connectivity index (χ0) is 13.3. The molecule has 0 aliphatic heterocycles. The monoisotopic (exact) mass is 249 g/mol. The number of hydrogen-bond acceptors (Lipinski definition) is 7. The molecule has 0 saturated heterocycles. The quantitative estimate of drug-likeness (QED) is 0.530. The van der Waals surface area contributed by atoms with E-state index in [2.05, 4.69) is 9.97 Å². The number of pyridine rings is 1. The van der Waals surface area contributed by atoms with Crippen molar-refractivity contribution in [3.63, 3.8) is 0 Å². The maximum Gasteiger partial charge on any atom is 0.341 e. The summed E-state index contributed by atoms with van der Waals surface area (Å²) in [5, 5.41) is 0.109. The second-order valence-corrected chi connectivity index (χ2v) is 3.47. The molecule has 94 valence electrons. The molecule has 0 aliphatic carbocycles. The Labute approximate surface area is 101 Å². The number of carbonyl (C=O) groups excluding carboxylic acids is 1. The van der Waals surface area contributed by atoms with Crippen LogP contribution in [0.1, 0.15) is 17.3 Å². The Balaban J connectivity index is 2.80. The van der Waals surface area contributed by atoms with Crippen LogP contribution in [0, 0.1) is 0 Å². The van der Waals surface area contributed by atoms with Crippen molar-refractivity contribution in [2.45, 2.75) is 6.92 Å². The van der Waals surface area contributed by atoms with Crippen molar-refractivity contribution < 1.29 is 9.53 Å². The highest BCUT2D eigenvalue weighted by Crippen LogP contribution is 2.13. The van der Waals surface area contributed by atoms with Gasteiger partial charge in [0.2, 0.25) is 5.95 Å². The third-order valence-electron chi connectivity index (χ3n) is 2.29. The number of anilines is 1. The van der Waals surface area contributed by atoms with Gasteiger partial charge in [-0.2, -0.15) is 0 Å². The molecule has 0 atom stereocenters. The summed E-state index contributed by atoms with van der Waals surface area (Å²) in [7, 11) is 0. The predicted molar refractivity (Wildman–Crippen MR) is 64.3 cm³/mol. The normalized spacial score (nSPS) is 10.5. The highest BCUT2D eigenvalue weighted by atomic mass is 16.5. The van der Waals surface area contributed by atoms with Crippen LogP contribution in [-0.2, 0) is 4.74 Å². The first-order valence-electron chi connectivity index (χ1n) is 5.14. The molecule has 0 spiro atoms. The number of hydrogen-bond donors (Lipinski definition) is 2. The van der Waals surface area contributed by atoms with Gasteiger partial charge in [-0.15, -0.1) is 0 Å². The van der Waals surface area contributed by atoms with Crippen molar-refractivity contribution in [1.29, 1.82) is 0 Å². The Kier molecular flexibility index (Phi) is 2.84. The number of ether oxygens (including phenoxy) is 1. The van der Waals surface area contributed by atoms with Crippen LogP contribution in [0.4, 0.5) is 5.95 Å². The van der Waals surface area contributed by atoms with Crippen molar-refractivity contribution in [2.75, 3.05) is 18.2 Å². The Morgan fingerprint density at radius 2 is 2.28 bits per heavy atom. The Bertz CT molecular complexity index is 679. The fourth-order valence-corrected chi connectivity index (χ4v) is 1.51. The summed E-state index contributed by atoms with van der Waals surface area (Å²) in [6, 6.07) is 0. The van der Waals surface area contributed by atoms with Gasteiger partial charge < -0.3 is 16.3 Å². The molecule has 0 fully saturated rings. The lowest BCUT2D eigenvalue weighted by Crippen LogP contribution is -2.29. The van der Waals surface area contributed by atoms with Gasteiger partial charge in [0.25, 0.3) is 5.56 Å². The molecule has 4 N–H and O–H groups in total. The zero-order valence-electron chi connectivity index (χ0n) is 9.58. The van der Waals surface area contributed by atoms with Crippen LogP contribution < -0.4 is 17.1 Å². The lowest BCUT2D eigenvalue weighted by Gasteiger charge is -2.07. The molecule has 18 heavy (non-hydrogen) atoms. The van der Waals surface area contributed by atoms with E-state index in [1.807, 2.05) is 0 Å². The van der Waals surface area contributed by atoms with E-state index in [1.165, 1.54) is 6.20 Å². The van der Waals surface area contributed by atoms with Crippen molar-refractivity contribution >= 4 is 22.8 Å². The molecule has 8 heteroatoms. The Morgan fingerprint density at radius 1 is 1.56 bits per heavy atom. The van der Waals surface area contributed by atoms with Crippen LogP contribution in [0.5, 0.6) is 0 Å². The first-order chi connectivity index (χ1) is 8.54. The third-order valence-corrected chi connectivity index (χ3v) is 2.29. The number of aromatic nitrogens is 3. The summed E-state index contributed by atoms with van der Waals surface area (Å²) < 4.78 is 5.65. The molecule has 0 radical (unpaired) electrons. The minimum absolute atomic E-state index is 0.0396. The van der Waals surface area contributed by atoms with E-state index in [0.717, 1.165) is 10.9 Å². The first kappa shape index (κ1) is 11.8. The maximum absolute atomic E-state index is 11.7. The highest BCUT2D eigenvalue weighted by Gasteiger charge is 2.17. The minimum Gasteiger partial charge on any atom is -0.462 e. The average molecular weight is 249 g/mol. The van der Waals surface area contributed by atoms with E-state index in [4.69, 9.17) is 16.3 Å². The van der Waals surface area contributed by atoms with E-state index < -0.39 is 11.5 Å². The molecule has 0 aromatic carbocycles. The van der Waals surface area contributed by atoms with Crippen LogP contribution in [0.15, 0.2) is 17.2 Å². The molecule has 2 aromatic rings. The van der Waals surface area contributed by atoms with E-state index >= 15 is 0 Å². The summed E-state index contributed by atoms with van der Waals surface area (Å²) in [5.74, 6) is 4.80. The van der Waals surface area contributed by atoms with Gasteiger partial charge in [0.05, 0.1) is 17.5 Å². The van der Waals surface area contributed by atoms with Gasteiger partial charge in [-0.3, -0.25) is 4.79 Å². The second kappa shape index (κ2) is 4.32. The summed E-state index contributed by atoms with van der Waals surface area (Å²) in [6.45, 7) is 1.87. The van der Waals surface area contributed by atoms with Gasteiger partial charge in [0, 0.05) is 12.4 Å². The van der Waals surface area contributed by atoms with Gasteiger partial charge in [-0.1, -0.05) is 0 Å². The molecule has 0 bridgehead atoms. The SMILES string of the molecule is CCOC(=O)c1cn(N)c(=O)c2cnc(N)nc12. The van der Waals surface area contributed by atoms with Gasteiger partial charge in [-0.25, -0.2) is 19.4 Å². The molecule has 2 heterocycles. The average Bonchev–Trinajstić information content (AvgIpc) is 2.34. The molecule has 2 aromatic heterocycles.